The summed E-state index contributed by atoms with van der Waals surface area (Å²) in [5.41, 5.74) is -0.259. The zero-order chi connectivity index (χ0) is 22.1. The molecule has 10 heteroatoms. The highest BCUT2D eigenvalue weighted by Gasteiger charge is 2.30. The predicted molar refractivity (Wildman–Crippen MR) is 119 cm³/mol. The number of hydrogen-bond donors (Lipinski definition) is 1. The number of piperazine rings is 1. The van der Waals surface area contributed by atoms with Crippen molar-refractivity contribution in [1.29, 1.82) is 0 Å². The lowest BCUT2D eigenvalue weighted by atomic mass is 10.2. The van der Waals surface area contributed by atoms with Crippen LogP contribution in [0.2, 0.25) is 0 Å². The summed E-state index contributed by atoms with van der Waals surface area (Å²) in [6.45, 7) is 9.35. The average Bonchev–Trinajstić information content (AvgIpc) is 2.65. The summed E-state index contributed by atoms with van der Waals surface area (Å²) in [7, 11) is 1.69. The molecule has 0 bridgehead atoms. The molecule has 9 nitrogen and oxygen atoms in total. The van der Waals surface area contributed by atoms with Crippen molar-refractivity contribution < 1.29 is 9.53 Å². The zero-order valence-electron chi connectivity index (χ0n) is 17.8. The molecule has 0 radical (unpaired) electrons. The van der Waals surface area contributed by atoms with Crippen molar-refractivity contribution >= 4 is 39.3 Å². The number of pyridine rings is 1. The van der Waals surface area contributed by atoms with Crippen molar-refractivity contribution in [3.05, 3.63) is 39.5 Å². The summed E-state index contributed by atoms with van der Waals surface area (Å²) in [4.78, 5) is 37.3. The van der Waals surface area contributed by atoms with Gasteiger partial charge < -0.3 is 24.4 Å². The molecule has 30 heavy (non-hydrogen) atoms. The molecule has 3 heterocycles. The molecule has 1 fully saturated rings. The van der Waals surface area contributed by atoms with Gasteiger partial charge in [0.25, 0.3) is 5.56 Å². The van der Waals surface area contributed by atoms with Gasteiger partial charge in [-0.2, -0.15) is 0 Å². The average molecular weight is 479 g/mol. The molecule has 1 aliphatic rings. The minimum absolute atomic E-state index is 0.0664. The van der Waals surface area contributed by atoms with Gasteiger partial charge in [-0.05, 0) is 49.7 Å². The Balaban J connectivity index is 1.66. The third kappa shape index (κ3) is 5.29. The van der Waals surface area contributed by atoms with E-state index in [1.54, 1.807) is 36.6 Å². The third-order valence-corrected chi connectivity index (χ3v) is 5.06. The van der Waals surface area contributed by atoms with E-state index in [1.807, 2.05) is 27.7 Å². The topological polar surface area (TPSA) is 92.6 Å². The fourth-order valence-electron chi connectivity index (χ4n) is 3.22. The first-order valence-corrected chi connectivity index (χ1v) is 10.5. The fourth-order valence-corrected chi connectivity index (χ4v) is 3.76. The largest absolute Gasteiger partial charge is 0.444 e. The molecule has 0 saturated carbocycles. The van der Waals surface area contributed by atoms with Crippen LogP contribution >= 0.6 is 15.9 Å². The van der Waals surface area contributed by atoms with Crippen LogP contribution in [0.15, 0.2) is 33.9 Å². The molecular weight excluding hydrogens is 452 g/mol. The molecule has 1 saturated heterocycles. The number of ether oxygens (including phenoxy) is 1. The van der Waals surface area contributed by atoms with Gasteiger partial charge in [0.05, 0.1) is 12.4 Å². The Kier molecular flexibility index (Phi) is 6.35. The van der Waals surface area contributed by atoms with E-state index < -0.39 is 5.60 Å². The number of rotatable bonds is 3. The molecule has 1 amide bonds. The number of aryl methyl sites for hydroxylation is 1. The standard InChI is InChI=1S/C20H27BrN6O3/c1-13-11-26(19(29)30-20(2,3)4)6-7-27(13)17-10-22-16(9-23-17)24-15-8-14(21)12-25(5)18(15)28/h8-10,12-13H,6-7,11H2,1-5H3,(H,22,24). The van der Waals surface area contributed by atoms with Crippen LogP contribution in [-0.2, 0) is 11.8 Å². The Morgan fingerprint density at radius 3 is 2.60 bits per heavy atom. The minimum atomic E-state index is -0.513. The van der Waals surface area contributed by atoms with Crippen molar-refractivity contribution in [3.63, 3.8) is 0 Å². The molecule has 1 atom stereocenters. The number of anilines is 3. The van der Waals surface area contributed by atoms with Crippen LogP contribution in [0.4, 0.5) is 22.1 Å². The van der Waals surface area contributed by atoms with E-state index in [2.05, 4.69) is 36.1 Å². The van der Waals surface area contributed by atoms with Crippen molar-refractivity contribution in [2.24, 2.45) is 7.05 Å². The lowest BCUT2D eigenvalue weighted by Crippen LogP contribution is -2.54. The highest BCUT2D eigenvalue weighted by atomic mass is 79.9. The summed E-state index contributed by atoms with van der Waals surface area (Å²) in [5, 5.41) is 3.01. The Morgan fingerprint density at radius 1 is 1.27 bits per heavy atom. The van der Waals surface area contributed by atoms with Gasteiger partial charge in [0.1, 0.15) is 22.9 Å². The smallest absolute Gasteiger partial charge is 0.410 e. The van der Waals surface area contributed by atoms with Gasteiger partial charge in [-0.25, -0.2) is 14.8 Å². The van der Waals surface area contributed by atoms with Gasteiger partial charge >= 0.3 is 6.09 Å². The quantitative estimate of drug-likeness (QED) is 0.723. The van der Waals surface area contributed by atoms with Crippen molar-refractivity contribution in [3.8, 4) is 0 Å². The number of nitrogens with one attached hydrogen (secondary N) is 1. The van der Waals surface area contributed by atoms with Crippen molar-refractivity contribution in [1.82, 2.24) is 19.4 Å². The number of carbonyl (C=O) groups excluding carboxylic acids is 1. The van der Waals surface area contributed by atoms with Gasteiger partial charge in [0, 0.05) is 43.4 Å². The highest BCUT2D eigenvalue weighted by molar-refractivity contribution is 9.10. The van der Waals surface area contributed by atoms with Gasteiger partial charge in [-0.3, -0.25) is 4.79 Å². The second-order valence-corrected chi connectivity index (χ2v) is 9.26. The Hall–Kier alpha value is -2.62. The van der Waals surface area contributed by atoms with Crippen molar-refractivity contribution in [2.75, 3.05) is 29.9 Å². The number of hydrogen-bond acceptors (Lipinski definition) is 7. The summed E-state index contributed by atoms with van der Waals surface area (Å²) in [6.07, 6.45) is 4.67. The summed E-state index contributed by atoms with van der Waals surface area (Å²) < 4.78 is 7.74. The molecule has 0 spiro atoms. The number of amides is 1. The van der Waals surface area contributed by atoms with Crippen LogP contribution < -0.4 is 15.8 Å². The van der Waals surface area contributed by atoms with E-state index in [9.17, 15) is 9.59 Å². The molecule has 162 valence electrons. The summed E-state index contributed by atoms with van der Waals surface area (Å²) >= 11 is 3.38. The third-order valence-electron chi connectivity index (χ3n) is 4.62. The van der Waals surface area contributed by atoms with Crippen LogP contribution in [0.3, 0.4) is 0 Å². The van der Waals surface area contributed by atoms with Crippen LogP contribution in [0, 0.1) is 0 Å². The number of nitrogens with zero attached hydrogens (tertiary/aromatic N) is 5. The first kappa shape index (κ1) is 22.1. The van der Waals surface area contributed by atoms with E-state index in [0.717, 1.165) is 10.3 Å². The van der Waals surface area contributed by atoms with Crippen LogP contribution in [-0.4, -0.2) is 56.8 Å². The fraction of sp³-hybridized carbons (Fsp3) is 0.500. The molecule has 2 aromatic rings. The molecule has 0 aromatic carbocycles. The molecule has 1 unspecified atom stereocenters. The molecule has 1 N–H and O–H groups in total. The SMILES string of the molecule is CC1CN(C(=O)OC(C)(C)C)CCN1c1cnc(Nc2cc(Br)cn(C)c2=O)cn1. The van der Waals surface area contributed by atoms with E-state index in [0.29, 0.717) is 31.1 Å². The van der Waals surface area contributed by atoms with Crippen LogP contribution in [0.1, 0.15) is 27.7 Å². The van der Waals surface area contributed by atoms with Gasteiger partial charge in [-0.15, -0.1) is 0 Å². The molecular formula is C20H27BrN6O3. The molecule has 0 aliphatic carbocycles. The van der Waals surface area contributed by atoms with Gasteiger partial charge in [0.2, 0.25) is 0 Å². The lowest BCUT2D eigenvalue weighted by molar-refractivity contribution is 0.0218. The predicted octanol–water partition coefficient (Wildman–Crippen LogP) is 3.13. The number of carbonyl (C=O) groups is 1. The second-order valence-electron chi connectivity index (χ2n) is 8.34. The number of aromatic nitrogens is 3. The van der Waals surface area contributed by atoms with Crippen molar-refractivity contribution in [2.45, 2.75) is 39.3 Å². The normalized spacial score (nSPS) is 17.1. The Morgan fingerprint density at radius 2 is 2.00 bits per heavy atom. The maximum atomic E-state index is 12.3. The lowest BCUT2D eigenvalue weighted by Gasteiger charge is -2.40. The second kappa shape index (κ2) is 8.63. The minimum Gasteiger partial charge on any atom is -0.444 e. The van der Waals surface area contributed by atoms with E-state index >= 15 is 0 Å². The summed E-state index contributed by atoms with van der Waals surface area (Å²) in [6, 6.07) is 1.77. The van der Waals surface area contributed by atoms with Crippen LogP contribution in [0.5, 0.6) is 0 Å². The zero-order valence-corrected chi connectivity index (χ0v) is 19.4. The molecule has 2 aromatic heterocycles. The van der Waals surface area contributed by atoms with E-state index in [-0.39, 0.29) is 17.7 Å². The van der Waals surface area contributed by atoms with Gasteiger partial charge in [0.15, 0.2) is 0 Å². The molecule has 1 aliphatic heterocycles. The van der Waals surface area contributed by atoms with Crippen LogP contribution in [0.25, 0.3) is 0 Å². The Labute approximate surface area is 184 Å². The number of halogens is 1. The van der Waals surface area contributed by atoms with E-state index in [1.165, 1.54) is 4.57 Å². The highest BCUT2D eigenvalue weighted by Crippen LogP contribution is 2.21. The van der Waals surface area contributed by atoms with E-state index in [4.69, 9.17) is 4.74 Å². The maximum absolute atomic E-state index is 12.3. The summed E-state index contributed by atoms with van der Waals surface area (Å²) in [5.74, 6) is 1.20. The first-order chi connectivity index (χ1) is 14.0. The van der Waals surface area contributed by atoms with Gasteiger partial charge in [-0.1, -0.05) is 0 Å². The Bertz CT molecular complexity index is 970. The molecule has 3 rings (SSSR count). The first-order valence-electron chi connectivity index (χ1n) is 9.73. The maximum Gasteiger partial charge on any atom is 0.410 e. The monoisotopic (exact) mass is 478 g/mol.